The smallest absolute Gasteiger partial charge is 0.242 e. The zero-order valence-electron chi connectivity index (χ0n) is 13.5. The second kappa shape index (κ2) is 6.38. The monoisotopic (exact) mass is 306 g/mol. The number of likely N-dealkylation sites (tertiary alicyclic amines) is 1. The predicted octanol–water partition coefficient (Wildman–Crippen LogP) is 0.666. The van der Waals surface area contributed by atoms with Gasteiger partial charge in [-0.05, 0) is 38.3 Å². The fourth-order valence-corrected chi connectivity index (χ4v) is 3.96. The number of methoxy groups -OCH3 is 1. The summed E-state index contributed by atoms with van der Waals surface area (Å²) in [5, 5.41) is 3.43. The van der Waals surface area contributed by atoms with Crippen molar-refractivity contribution in [3.8, 4) is 0 Å². The van der Waals surface area contributed by atoms with E-state index in [0.717, 1.165) is 51.5 Å². The standard InChI is InChI=1S/C16H26N4O2/c1-13-18-7-8-19(13)10-15(21)20-9-14(11-22-2)16(12-20)3-5-17-6-4-16/h7-8,14,17H,3-6,9-12H2,1-2H3. The highest BCUT2D eigenvalue weighted by atomic mass is 16.5. The maximum Gasteiger partial charge on any atom is 0.242 e. The van der Waals surface area contributed by atoms with Crippen molar-refractivity contribution in [1.29, 1.82) is 0 Å². The number of ether oxygens (including phenoxy) is 1. The Balaban J connectivity index is 1.70. The molecule has 3 rings (SSSR count). The van der Waals surface area contributed by atoms with Crippen LogP contribution in [-0.4, -0.2) is 60.3 Å². The molecule has 1 N–H and O–H groups in total. The molecule has 2 fully saturated rings. The molecule has 0 aromatic carbocycles. The molecule has 1 aromatic rings. The van der Waals surface area contributed by atoms with Crippen molar-refractivity contribution in [1.82, 2.24) is 19.8 Å². The Hall–Kier alpha value is -1.40. The lowest BCUT2D eigenvalue weighted by molar-refractivity contribution is -0.131. The van der Waals surface area contributed by atoms with Crippen molar-refractivity contribution < 1.29 is 9.53 Å². The Labute approximate surface area is 131 Å². The third-order valence-corrected chi connectivity index (χ3v) is 5.36. The van der Waals surface area contributed by atoms with Crippen LogP contribution in [0.25, 0.3) is 0 Å². The first kappa shape index (κ1) is 15.5. The molecule has 6 heteroatoms. The summed E-state index contributed by atoms with van der Waals surface area (Å²) in [5.74, 6) is 1.53. The zero-order valence-corrected chi connectivity index (χ0v) is 13.5. The SMILES string of the molecule is COCC1CN(C(=O)Cn2ccnc2C)CC12CCNCC2. The number of rotatable bonds is 4. The highest BCUT2D eigenvalue weighted by Crippen LogP contribution is 2.43. The van der Waals surface area contributed by atoms with Gasteiger partial charge in [0.2, 0.25) is 5.91 Å². The molecule has 22 heavy (non-hydrogen) atoms. The molecule has 3 heterocycles. The van der Waals surface area contributed by atoms with Gasteiger partial charge in [-0.25, -0.2) is 4.98 Å². The van der Waals surface area contributed by atoms with Crippen molar-refractivity contribution in [2.24, 2.45) is 11.3 Å². The Bertz CT molecular complexity index is 522. The number of piperidine rings is 1. The largest absolute Gasteiger partial charge is 0.384 e. The van der Waals surface area contributed by atoms with Crippen LogP contribution in [-0.2, 0) is 16.1 Å². The Morgan fingerprint density at radius 2 is 2.27 bits per heavy atom. The molecule has 2 aliphatic heterocycles. The number of amides is 1. The number of aryl methyl sites for hydroxylation is 1. The lowest BCUT2D eigenvalue weighted by atomic mass is 9.71. The number of nitrogens with zero attached hydrogens (tertiary/aromatic N) is 3. The highest BCUT2D eigenvalue weighted by Gasteiger charge is 2.47. The third-order valence-electron chi connectivity index (χ3n) is 5.36. The number of hydrogen-bond acceptors (Lipinski definition) is 4. The predicted molar refractivity (Wildman–Crippen MR) is 83.4 cm³/mol. The van der Waals surface area contributed by atoms with Gasteiger partial charge in [-0.15, -0.1) is 0 Å². The second-order valence-corrected chi connectivity index (χ2v) is 6.64. The summed E-state index contributed by atoms with van der Waals surface area (Å²) in [6.07, 6.45) is 5.88. The normalized spacial score (nSPS) is 24.1. The molecule has 1 spiro atoms. The molecule has 0 bridgehead atoms. The van der Waals surface area contributed by atoms with E-state index in [4.69, 9.17) is 4.74 Å². The summed E-state index contributed by atoms with van der Waals surface area (Å²) in [6.45, 7) is 6.84. The van der Waals surface area contributed by atoms with Gasteiger partial charge in [-0.2, -0.15) is 0 Å². The van der Waals surface area contributed by atoms with Gasteiger partial charge in [0.25, 0.3) is 0 Å². The average Bonchev–Trinajstić information content (AvgIpc) is 3.06. The van der Waals surface area contributed by atoms with E-state index in [-0.39, 0.29) is 11.3 Å². The van der Waals surface area contributed by atoms with Gasteiger partial charge in [0, 0.05) is 38.5 Å². The minimum atomic E-state index is 0.192. The van der Waals surface area contributed by atoms with Gasteiger partial charge in [-0.1, -0.05) is 0 Å². The van der Waals surface area contributed by atoms with Crippen LogP contribution < -0.4 is 5.32 Å². The summed E-state index contributed by atoms with van der Waals surface area (Å²) in [6, 6.07) is 0. The van der Waals surface area contributed by atoms with Crippen LogP contribution >= 0.6 is 0 Å². The van der Waals surface area contributed by atoms with Crippen LogP contribution in [0.4, 0.5) is 0 Å². The van der Waals surface area contributed by atoms with Crippen molar-refractivity contribution in [2.75, 3.05) is 39.9 Å². The van der Waals surface area contributed by atoms with E-state index in [0.29, 0.717) is 12.5 Å². The maximum atomic E-state index is 12.7. The summed E-state index contributed by atoms with van der Waals surface area (Å²) in [4.78, 5) is 18.9. The first-order valence-electron chi connectivity index (χ1n) is 8.10. The van der Waals surface area contributed by atoms with Crippen LogP contribution in [0.2, 0.25) is 0 Å². The summed E-state index contributed by atoms with van der Waals surface area (Å²) < 4.78 is 7.35. The molecule has 6 nitrogen and oxygen atoms in total. The van der Waals surface area contributed by atoms with Gasteiger partial charge in [0.05, 0.1) is 6.61 Å². The van der Waals surface area contributed by atoms with Crippen LogP contribution in [0.5, 0.6) is 0 Å². The quantitative estimate of drug-likeness (QED) is 0.888. The van der Waals surface area contributed by atoms with E-state index >= 15 is 0 Å². The van der Waals surface area contributed by atoms with Crippen LogP contribution in [0.3, 0.4) is 0 Å². The minimum Gasteiger partial charge on any atom is -0.384 e. The number of carbonyl (C=O) groups excluding carboxylic acids is 1. The lowest BCUT2D eigenvalue weighted by Gasteiger charge is -2.38. The summed E-state index contributed by atoms with van der Waals surface area (Å²) in [7, 11) is 1.76. The molecule has 1 aromatic heterocycles. The Morgan fingerprint density at radius 1 is 1.50 bits per heavy atom. The number of nitrogens with one attached hydrogen (secondary N) is 1. The summed E-state index contributed by atoms with van der Waals surface area (Å²) in [5.41, 5.74) is 0.237. The average molecular weight is 306 g/mol. The van der Waals surface area contributed by atoms with Crippen molar-refractivity contribution in [3.05, 3.63) is 18.2 Å². The van der Waals surface area contributed by atoms with E-state index in [1.165, 1.54) is 0 Å². The van der Waals surface area contributed by atoms with Gasteiger partial charge < -0.3 is 19.5 Å². The third kappa shape index (κ3) is 2.90. The Morgan fingerprint density at radius 3 is 2.91 bits per heavy atom. The fourth-order valence-electron chi connectivity index (χ4n) is 3.96. The van der Waals surface area contributed by atoms with Crippen LogP contribution in [0, 0.1) is 18.3 Å². The molecule has 1 unspecified atom stereocenters. The van der Waals surface area contributed by atoms with Gasteiger partial charge in [0.1, 0.15) is 12.4 Å². The van der Waals surface area contributed by atoms with Gasteiger partial charge in [-0.3, -0.25) is 4.79 Å². The van der Waals surface area contributed by atoms with Gasteiger partial charge in [0.15, 0.2) is 0 Å². The van der Waals surface area contributed by atoms with Crippen molar-refractivity contribution >= 4 is 5.91 Å². The number of carbonyl (C=O) groups is 1. The first-order chi connectivity index (χ1) is 10.6. The molecule has 2 saturated heterocycles. The van der Waals surface area contributed by atoms with Gasteiger partial charge >= 0.3 is 0 Å². The van der Waals surface area contributed by atoms with E-state index in [1.54, 1.807) is 13.3 Å². The zero-order chi connectivity index (χ0) is 15.6. The summed E-state index contributed by atoms with van der Waals surface area (Å²) >= 11 is 0. The number of hydrogen-bond donors (Lipinski definition) is 1. The van der Waals surface area contributed by atoms with Crippen LogP contribution in [0.15, 0.2) is 12.4 Å². The molecule has 2 aliphatic rings. The fraction of sp³-hybridized carbons (Fsp3) is 0.750. The molecule has 0 radical (unpaired) electrons. The Kier molecular flexibility index (Phi) is 4.49. The van der Waals surface area contributed by atoms with Crippen LogP contribution in [0.1, 0.15) is 18.7 Å². The van der Waals surface area contributed by atoms with E-state index in [1.807, 2.05) is 22.6 Å². The number of aromatic nitrogens is 2. The molecular weight excluding hydrogens is 280 g/mol. The molecule has 1 atom stereocenters. The minimum absolute atomic E-state index is 0.192. The maximum absolute atomic E-state index is 12.7. The lowest BCUT2D eigenvalue weighted by Crippen LogP contribution is -2.43. The molecule has 1 amide bonds. The number of imidazole rings is 1. The topological polar surface area (TPSA) is 59.4 Å². The van der Waals surface area contributed by atoms with Crippen molar-refractivity contribution in [2.45, 2.75) is 26.3 Å². The highest BCUT2D eigenvalue weighted by molar-refractivity contribution is 5.76. The molecule has 0 saturated carbocycles. The first-order valence-corrected chi connectivity index (χ1v) is 8.10. The van der Waals surface area contributed by atoms with Crippen molar-refractivity contribution in [3.63, 3.8) is 0 Å². The van der Waals surface area contributed by atoms with E-state index in [2.05, 4.69) is 10.3 Å². The molecular formula is C16H26N4O2. The van der Waals surface area contributed by atoms with E-state index < -0.39 is 0 Å². The van der Waals surface area contributed by atoms with E-state index in [9.17, 15) is 4.79 Å². The molecule has 0 aliphatic carbocycles. The molecule has 122 valence electrons. The second-order valence-electron chi connectivity index (χ2n) is 6.64.